The molecular formula is C12H17N. The molecule has 1 aromatic carbocycles. The molecule has 0 unspecified atom stereocenters. The Morgan fingerprint density at radius 3 is 2.46 bits per heavy atom. The van der Waals surface area contributed by atoms with Crippen molar-refractivity contribution in [1.29, 1.82) is 0 Å². The Balaban J connectivity index is 2.20. The Labute approximate surface area is 80.2 Å². The van der Waals surface area contributed by atoms with Crippen LogP contribution in [-0.2, 0) is 0 Å². The molecule has 0 saturated carbocycles. The van der Waals surface area contributed by atoms with Crippen molar-refractivity contribution >= 4 is 0 Å². The lowest BCUT2D eigenvalue weighted by Crippen LogP contribution is -2.21. The number of rotatable bonds is 1. The van der Waals surface area contributed by atoms with E-state index < -0.39 is 0 Å². The lowest BCUT2D eigenvalue weighted by molar-refractivity contribution is 0.594. The van der Waals surface area contributed by atoms with Crippen LogP contribution in [-0.4, -0.2) is 12.6 Å². The van der Waals surface area contributed by atoms with Gasteiger partial charge in [0.2, 0.25) is 0 Å². The molecule has 1 heteroatoms. The van der Waals surface area contributed by atoms with Crippen molar-refractivity contribution in [1.82, 2.24) is 5.32 Å². The summed E-state index contributed by atoms with van der Waals surface area (Å²) >= 11 is 0. The molecule has 70 valence electrons. The van der Waals surface area contributed by atoms with Crippen LogP contribution in [0.3, 0.4) is 0 Å². The maximum atomic E-state index is 3.48. The second-order valence-electron chi connectivity index (χ2n) is 4.05. The highest BCUT2D eigenvalue weighted by Crippen LogP contribution is 2.27. The lowest BCUT2D eigenvalue weighted by Gasteiger charge is -2.15. The number of benzene rings is 1. The third-order valence-corrected chi connectivity index (χ3v) is 3.03. The predicted octanol–water partition coefficient (Wildman–Crippen LogP) is 2.46. The van der Waals surface area contributed by atoms with E-state index in [2.05, 4.69) is 43.4 Å². The minimum atomic E-state index is 0.641. The first-order valence-electron chi connectivity index (χ1n) is 5.07. The Hall–Kier alpha value is -0.820. The van der Waals surface area contributed by atoms with E-state index in [1.807, 2.05) is 0 Å². The van der Waals surface area contributed by atoms with Crippen molar-refractivity contribution in [3.05, 3.63) is 35.4 Å². The minimum Gasteiger partial charge on any atom is -0.314 e. The van der Waals surface area contributed by atoms with Crippen LogP contribution in [0.2, 0.25) is 0 Å². The van der Waals surface area contributed by atoms with Gasteiger partial charge in [0, 0.05) is 12.0 Å². The van der Waals surface area contributed by atoms with E-state index in [0.717, 1.165) is 5.92 Å². The van der Waals surface area contributed by atoms with Gasteiger partial charge < -0.3 is 5.32 Å². The molecule has 13 heavy (non-hydrogen) atoms. The summed E-state index contributed by atoms with van der Waals surface area (Å²) in [4.78, 5) is 0. The van der Waals surface area contributed by atoms with Gasteiger partial charge in [0.15, 0.2) is 0 Å². The molecule has 1 aliphatic rings. The number of hydrogen-bond donors (Lipinski definition) is 1. The van der Waals surface area contributed by atoms with Crippen molar-refractivity contribution in [3.8, 4) is 0 Å². The number of aryl methyl sites for hydroxylation is 1. The summed E-state index contributed by atoms with van der Waals surface area (Å²) in [5.41, 5.74) is 2.84. The van der Waals surface area contributed by atoms with Gasteiger partial charge in [-0.2, -0.15) is 0 Å². The first-order valence-corrected chi connectivity index (χ1v) is 5.07. The predicted molar refractivity (Wildman–Crippen MR) is 56.0 cm³/mol. The maximum absolute atomic E-state index is 3.48. The standard InChI is InChI=1S/C12H17N/c1-9-3-5-11(6-4-9)12-7-8-13-10(12)2/h3-6,10,12-13H,7-8H2,1-2H3/t10-,12+/m1/s1. The van der Waals surface area contributed by atoms with Crippen molar-refractivity contribution in [2.75, 3.05) is 6.54 Å². The zero-order valence-electron chi connectivity index (χ0n) is 8.38. The normalized spacial score (nSPS) is 27.8. The van der Waals surface area contributed by atoms with Gasteiger partial charge in [-0.25, -0.2) is 0 Å². The highest BCUT2D eigenvalue weighted by Gasteiger charge is 2.23. The van der Waals surface area contributed by atoms with E-state index in [-0.39, 0.29) is 0 Å². The number of nitrogens with one attached hydrogen (secondary N) is 1. The van der Waals surface area contributed by atoms with Crippen molar-refractivity contribution in [2.45, 2.75) is 32.2 Å². The van der Waals surface area contributed by atoms with Crippen LogP contribution in [0.1, 0.15) is 30.4 Å². The van der Waals surface area contributed by atoms with Crippen molar-refractivity contribution < 1.29 is 0 Å². The van der Waals surface area contributed by atoms with E-state index in [1.165, 1.54) is 24.1 Å². The van der Waals surface area contributed by atoms with Crippen LogP contribution in [0.25, 0.3) is 0 Å². The summed E-state index contributed by atoms with van der Waals surface area (Å²) in [5, 5.41) is 3.48. The molecule has 2 atom stereocenters. The molecule has 1 heterocycles. The molecule has 1 saturated heterocycles. The molecule has 1 aromatic rings. The Morgan fingerprint density at radius 2 is 1.92 bits per heavy atom. The molecule has 0 aliphatic carbocycles. The Bertz CT molecular complexity index is 276. The largest absolute Gasteiger partial charge is 0.314 e. The Morgan fingerprint density at radius 1 is 1.23 bits per heavy atom. The summed E-state index contributed by atoms with van der Waals surface area (Å²) < 4.78 is 0. The zero-order valence-corrected chi connectivity index (χ0v) is 8.38. The van der Waals surface area contributed by atoms with Crippen LogP contribution in [0.15, 0.2) is 24.3 Å². The fourth-order valence-electron chi connectivity index (χ4n) is 2.13. The van der Waals surface area contributed by atoms with Crippen molar-refractivity contribution in [2.24, 2.45) is 0 Å². The molecule has 1 fully saturated rings. The quantitative estimate of drug-likeness (QED) is 0.691. The van der Waals surface area contributed by atoms with Gasteiger partial charge in [-0.15, -0.1) is 0 Å². The van der Waals surface area contributed by atoms with Gasteiger partial charge in [0.05, 0.1) is 0 Å². The monoisotopic (exact) mass is 175 g/mol. The van der Waals surface area contributed by atoms with Gasteiger partial charge in [-0.1, -0.05) is 29.8 Å². The van der Waals surface area contributed by atoms with E-state index in [4.69, 9.17) is 0 Å². The summed E-state index contributed by atoms with van der Waals surface area (Å²) in [6, 6.07) is 9.59. The van der Waals surface area contributed by atoms with Gasteiger partial charge in [0.25, 0.3) is 0 Å². The summed E-state index contributed by atoms with van der Waals surface area (Å²) in [6.45, 7) is 5.58. The minimum absolute atomic E-state index is 0.641. The maximum Gasteiger partial charge on any atom is 0.0108 e. The van der Waals surface area contributed by atoms with Gasteiger partial charge >= 0.3 is 0 Å². The van der Waals surface area contributed by atoms with Crippen LogP contribution >= 0.6 is 0 Å². The van der Waals surface area contributed by atoms with Crippen molar-refractivity contribution in [3.63, 3.8) is 0 Å². The summed E-state index contributed by atoms with van der Waals surface area (Å²) in [7, 11) is 0. The third-order valence-electron chi connectivity index (χ3n) is 3.03. The molecule has 2 rings (SSSR count). The van der Waals surface area contributed by atoms with Crippen LogP contribution in [0.5, 0.6) is 0 Å². The lowest BCUT2D eigenvalue weighted by atomic mass is 9.92. The van der Waals surface area contributed by atoms with Gasteiger partial charge in [-0.3, -0.25) is 0 Å². The van der Waals surface area contributed by atoms with E-state index in [0.29, 0.717) is 6.04 Å². The molecule has 1 aliphatic heterocycles. The average Bonchev–Trinajstić information content (AvgIpc) is 2.53. The molecular weight excluding hydrogens is 158 g/mol. The third kappa shape index (κ3) is 1.75. The van der Waals surface area contributed by atoms with E-state index >= 15 is 0 Å². The van der Waals surface area contributed by atoms with E-state index in [9.17, 15) is 0 Å². The van der Waals surface area contributed by atoms with Gasteiger partial charge in [0.1, 0.15) is 0 Å². The van der Waals surface area contributed by atoms with E-state index in [1.54, 1.807) is 0 Å². The molecule has 1 nitrogen and oxygen atoms in total. The van der Waals surface area contributed by atoms with Gasteiger partial charge in [-0.05, 0) is 32.4 Å². The topological polar surface area (TPSA) is 12.0 Å². The SMILES string of the molecule is Cc1ccc([C@H]2CCN[C@@H]2C)cc1. The number of hydrogen-bond acceptors (Lipinski definition) is 1. The molecule has 0 bridgehead atoms. The second kappa shape index (κ2) is 3.51. The molecule has 1 N–H and O–H groups in total. The molecule has 0 radical (unpaired) electrons. The summed E-state index contributed by atoms with van der Waals surface area (Å²) in [6.07, 6.45) is 1.28. The molecule has 0 spiro atoms. The molecule has 0 amide bonds. The van der Waals surface area contributed by atoms with Crippen LogP contribution in [0, 0.1) is 6.92 Å². The van der Waals surface area contributed by atoms with Crippen LogP contribution in [0.4, 0.5) is 0 Å². The highest BCUT2D eigenvalue weighted by molar-refractivity contribution is 5.26. The first kappa shape index (κ1) is 8.76. The van der Waals surface area contributed by atoms with Crippen LogP contribution < -0.4 is 5.32 Å². The average molecular weight is 175 g/mol. The fraction of sp³-hybridized carbons (Fsp3) is 0.500. The zero-order chi connectivity index (χ0) is 9.26. The smallest absolute Gasteiger partial charge is 0.0108 e. The Kier molecular flexibility index (Phi) is 2.36. The highest BCUT2D eigenvalue weighted by atomic mass is 14.9. The first-order chi connectivity index (χ1) is 6.27. The molecule has 0 aromatic heterocycles. The second-order valence-corrected chi connectivity index (χ2v) is 4.05. The summed E-state index contributed by atoms with van der Waals surface area (Å²) in [5.74, 6) is 0.723. The fourth-order valence-corrected chi connectivity index (χ4v) is 2.13.